The number of carbonyl (C=O) groups excluding carboxylic acids is 3. The molecule has 39 heavy (non-hydrogen) atoms. The van der Waals surface area contributed by atoms with E-state index >= 15 is 0 Å². The highest BCUT2D eigenvalue weighted by Gasteiger charge is 2.71. The van der Waals surface area contributed by atoms with Gasteiger partial charge in [0.1, 0.15) is 11.2 Å². The number of aromatic nitrogens is 1. The predicted octanol–water partition coefficient (Wildman–Crippen LogP) is 5.66. The maximum Gasteiger partial charge on any atom is 0.180 e. The Morgan fingerprint density at radius 2 is 1.67 bits per heavy atom. The van der Waals surface area contributed by atoms with Gasteiger partial charge in [-0.05, 0) is 31.5 Å². The molecule has 0 N–H and O–H groups in total. The van der Waals surface area contributed by atoms with Crippen molar-refractivity contribution in [1.82, 2.24) is 4.98 Å². The van der Waals surface area contributed by atoms with Gasteiger partial charge in [-0.3, -0.25) is 19.4 Å². The van der Waals surface area contributed by atoms with Crippen LogP contribution in [-0.2, 0) is 4.79 Å². The van der Waals surface area contributed by atoms with Crippen molar-refractivity contribution in [2.24, 2.45) is 5.41 Å². The molecule has 3 atom stereocenters. The standard InChI is InChI=1S/C33H26N2O4/c1-3-39-25-13-7-6-12-24(25)27-29(19(2)36)35-26(33(27)31(37)22-10-4-5-11-23(22)32(33)38)17-16-21-15-14-20-9-8-18-34-28(20)30(21)35/h4-18,26-27,29H,3H2,1-2H3/t26-,27+,29+/m1/s1. The third-order valence-electron chi connectivity index (χ3n) is 8.51. The second-order valence-electron chi connectivity index (χ2n) is 10.4. The molecule has 1 aromatic heterocycles. The summed E-state index contributed by atoms with van der Waals surface area (Å²) in [5.74, 6) is -0.824. The van der Waals surface area contributed by atoms with E-state index < -0.39 is 23.4 Å². The summed E-state index contributed by atoms with van der Waals surface area (Å²) in [6.07, 6.45) is 5.62. The molecule has 4 aromatic rings. The first-order valence-corrected chi connectivity index (χ1v) is 13.2. The Bertz CT molecular complexity index is 1700. The second kappa shape index (κ2) is 8.46. The van der Waals surface area contributed by atoms with Crippen molar-refractivity contribution in [3.05, 3.63) is 107 Å². The molecule has 0 radical (unpaired) electrons. The number of ketones is 3. The number of para-hydroxylation sites is 1. The number of hydrogen-bond acceptors (Lipinski definition) is 6. The molecule has 7 rings (SSSR count). The topological polar surface area (TPSA) is 76.6 Å². The minimum absolute atomic E-state index is 0.126. The average Bonchev–Trinajstić information content (AvgIpc) is 3.39. The lowest BCUT2D eigenvalue weighted by atomic mass is 9.64. The van der Waals surface area contributed by atoms with E-state index in [0.717, 1.165) is 22.2 Å². The summed E-state index contributed by atoms with van der Waals surface area (Å²) in [5.41, 5.74) is 2.35. The molecule has 0 amide bonds. The van der Waals surface area contributed by atoms with Crippen LogP contribution in [0.1, 0.15) is 51.6 Å². The maximum absolute atomic E-state index is 14.6. The van der Waals surface area contributed by atoms with Crippen LogP contribution in [0.25, 0.3) is 17.0 Å². The van der Waals surface area contributed by atoms with Crippen LogP contribution in [0.2, 0.25) is 0 Å². The highest BCUT2D eigenvalue weighted by atomic mass is 16.5. The van der Waals surface area contributed by atoms with Crippen LogP contribution in [0.5, 0.6) is 5.75 Å². The van der Waals surface area contributed by atoms with Crippen molar-refractivity contribution in [3.63, 3.8) is 0 Å². The molecule has 1 fully saturated rings. The van der Waals surface area contributed by atoms with Crippen LogP contribution in [0.3, 0.4) is 0 Å². The minimum atomic E-state index is -1.54. The van der Waals surface area contributed by atoms with Crippen molar-refractivity contribution < 1.29 is 19.1 Å². The van der Waals surface area contributed by atoms with Crippen molar-refractivity contribution >= 4 is 40.0 Å². The first-order valence-electron chi connectivity index (χ1n) is 13.2. The molecule has 1 spiro atoms. The number of hydrogen-bond donors (Lipinski definition) is 0. The number of benzene rings is 3. The first-order chi connectivity index (χ1) is 19.0. The SMILES string of the molecule is CCOc1ccccc1[C@H]1[C@H](C(C)=O)N2c3c(ccc4cccnc34)C=C[C@@H]2C12C(=O)c1ccccc1C2=O. The number of ether oxygens (including phenoxy) is 1. The monoisotopic (exact) mass is 514 g/mol. The van der Waals surface area contributed by atoms with Gasteiger partial charge < -0.3 is 9.64 Å². The van der Waals surface area contributed by atoms with Crippen LogP contribution in [0.15, 0.2) is 85.1 Å². The molecule has 3 aliphatic rings. The van der Waals surface area contributed by atoms with E-state index in [0.29, 0.717) is 29.0 Å². The molecule has 1 aliphatic carbocycles. The summed E-state index contributed by atoms with van der Waals surface area (Å²) in [4.78, 5) is 49.8. The Labute approximate surface area is 225 Å². The Hall–Kier alpha value is -4.58. The van der Waals surface area contributed by atoms with Crippen LogP contribution in [0, 0.1) is 5.41 Å². The van der Waals surface area contributed by atoms with Gasteiger partial charge in [0.2, 0.25) is 0 Å². The number of fused-ring (bicyclic) bond motifs is 7. The zero-order valence-electron chi connectivity index (χ0n) is 21.6. The molecular formula is C33H26N2O4. The molecule has 3 heterocycles. The number of Topliss-reactive ketones (excluding diaryl/α,β-unsaturated/α-hetero) is 3. The van der Waals surface area contributed by atoms with Gasteiger partial charge in [0.05, 0.1) is 29.9 Å². The maximum atomic E-state index is 14.6. The van der Waals surface area contributed by atoms with Crippen LogP contribution < -0.4 is 9.64 Å². The van der Waals surface area contributed by atoms with Gasteiger partial charge >= 0.3 is 0 Å². The molecule has 6 heteroatoms. The summed E-state index contributed by atoms with van der Waals surface area (Å²) < 4.78 is 6.04. The van der Waals surface area contributed by atoms with Gasteiger partial charge in [-0.25, -0.2) is 0 Å². The third-order valence-corrected chi connectivity index (χ3v) is 8.51. The summed E-state index contributed by atoms with van der Waals surface area (Å²) in [7, 11) is 0. The molecule has 3 aromatic carbocycles. The van der Waals surface area contributed by atoms with E-state index in [2.05, 4.69) is 0 Å². The molecule has 192 valence electrons. The molecule has 6 nitrogen and oxygen atoms in total. The lowest BCUT2D eigenvalue weighted by Crippen LogP contribution is -2.48. The van der Waals surface area contributed by atoms with Crippen LogP contribution >= 0.6 is 0 Å². The van der Waals surface area contributed by atoms with Crippen molar-refractivity contribution in [3.8, 4) is 5.75 Å². The molecule has 2 aliphatic heterocycles. The molecule has 1 saturated heterocycles. The number of rotatable bonds is 4. The largest absolute Gasteiger partial charge is 0.494 e. The average molecular weight is 515 g/mol. The van der Waals surface area contributed by atoms with E-state index in [1.165, 1.54) is 0 Å². The predicted molar refractivity (Wildman–Crippen MR) is 149 cm³/mol. The van der Waals surface area contributed by atoms with E-state index in [4.69, 9.17) is 9.72 Å². The van der Waals surface area contributed by atoms with Gasteiger partial charge in [-0.2, -0.15) is 0 Å². The van der Waals surface area contributed by atoms with E-state index in [9.17, 15) is 14.4 Å². The van der Waals surface area contributed by atoms with E-state index in [1.807, 2.05) is 72.5 Å². The molecule has 0 unspecified atom stereocenters. The van der Waals surface area contributed by atoms with E-state index in [-0.39, 0.29) is 17.3 Å². The summed E-state index contributed by atoms with van der Waals surface area (Å²) in [6.45, 7) is 3.85. The zero-order chi connectivity index (χ0) is 26.9. The third kappa shape index (κ3) is 2.97. The highest BCUT2D eigenvalue weighted by molar-refractivity contribution is 6.32. The zero-order valence-corrected chi connectivity index (χ0v) is 21.6. The lowest BCUT2D eigenvalue weighted by Gasteiger charge is -2.37. The molecule has 0 saturated carbocycles. The Balaban J connectivity index is 1.59. The van der Waals surface area contributed by atoms with Crippen molar-refractivity contribution in [2.75, 3.05) is 11.5 Å². The number of nitrogens with zero attached hydrogens (tertiary/aromatic N) is 2. The minimum Gasteiger partial charge on any atom is -0.494 e. The fraction of sp³-hybridized carbons (Fsp3) is 0.212. The number of anilines is 1. The molecule has 0 bridgehead atoms. The van der Waals surface area contributed by atoms with Crippen molar-refractivity contribution in [2.45, 2.75) is 31.8 Å². The Morgan fingerprint density at radius 1 is 0.949 bits per heavy atom. The van der Waals surface area contributed by atoms with Gasteiger partial charge in [0.15, 0.2) is 17.3 Å². The highest BCUT2D eigenvalue weighted by Crippen LogP contribution is 2.62. The fourth-order valence-electron chi connectivity index (χ4n) is 7.10. The van der Waals surface area contributed by atoms with Gasteiger partial charge in [0.25, 0.3) is 0 Å². The number of carbonyl (C=O) groups is 3. The lowest BCUT2D eigenvalue weighted by molar-refractivity contribution is -0.118. The van der Waals surface area contributed by atoms with Gasteiger partial charge in [0, 0.05) is 34.2 Å². The smallest absolute Gasteiger partial charge is 0.180 e. The van der Waals surface area contributed by atoms with Gasteiger partial charge in [-0.15, -0.1) is 0 Å². The Morgan fingerprint density at radius 3 is 2.38 bits per heavy atom. The van der Waals surface area contributed by atoms with Crippen LogP contribution in [-0.4, -0.2) is 41.0 Å². The quantitative estimate of drug-likeness (QED) is 0.327. The second-order valence-corrected chi connectivity index (χ2v) is 10.4. The normalized spacial score (nSPS) is 22.2. The number of pyridine rings is 1. The van der Waals surface area contributed by atoms with Crippen molar-refractivity contribution in [1.29, 1.82) is 0 Å². The Kier molecular flexibility index (Phi) is 5.11. The van der Waals surface area contributed by atoms with E-state index in [1.54, 1.807) is 37.4 Å². The van der Waals surface area contributed by atoms with Gasteiger partial charge in [-0.1, -0.05) is 72.8 Å². The summed E-state index contributed by atoms with van der Waals surface area (Å²) in [6, 6.07) is 20.9. The fourth-order valence-corrected chi connectivity index (χ4v) is 7.10. The van der Waals surface area contributed by atoms with Crippen LogP contribution in [0.4, 0.5) is 5.69 Å². The first kappa shape index (κ1) is 23.5. The summed E-state index contributed by atoms with van der Waals surface area (Å²) in [5, 5.41) is 0.923. The summed E-state index contributed by atoms with van der Waals surface area (Å²) >= 11 is 0. The molecular weight excluding hydrogens is 488 g/mol.